The highest BCUT2D eigenvalue weighted by Crippen LogP contribution is 2.25. The number of aliphatic hydroxyl groups is 1. The van der Waals surface area contributed by atoms with Gasteiger partial charge in [0.1, 0.15) is 0 Å². The summed E-state index contributed by atoms with van der Waals surface area (Å²) in [6.45, 7) is 3.75. The van der Waals surface area contributed by atoms with Gasteiger partial charge in [-0.3, -0.25) is 15.0 Å². The number of nitro groups is 1. The minimum atomic E-state index is -0.400. The molecular formula is C11H17ClN4O3. The van der Waals surface area contributed by atoms with Gasteiger partial charge < -0.3 is 10.0 Å². The number of pyridine rings is 1. The van der Waals surface area contributed by atoms with Crippen LogP contribution in [0.1, 0.15) is 0 Å². The van der Waals surface area contributed by atoms with Crippen molar-refractivity contribution >= 4 is 23.9 Å². The van der Waals surface area contributed by atoms with Crippen molar-refractivity contribution in [3.63, 3.8) is 0 Å². The molecule has 106 valence electrons. The van der Waals surface area contributed by atoms with Gasteiger partial charge in [-0.15, -0.1) is 12.4 Å². The second-order valence-corrected chi connectivity index (χ2v) is 4.16. The highest BCUT2D eigenvalue weighted by Gasteiger charge is 2.24. The monoisotopic (exact) mass is 288 g/mol. The SMILES string of the molecule is Cl.O=[N+]([O-])c1cccnc1N1CCN(CCO)CC1. The van der Waals surface area contributed by atoms with E-state index in [9.17, 15) is 10.1 Å². The van der Waals surface area contributed by atoms with Crippen molar-refractivity contribution in [1.29, 1.82) is 0 Å². The predicted molar refractivity (Wildman–Crippen MR) is 73.9 cm³/mol. The Morgan fingerprint density at radius 3 is 2.63 bits per heavy atom. The number of rotatable bonds is 4. The van der Waals surface area contributed by atoms with E-state index in [0.717, 1.165) is 13.1 Å². The summed E-state index contributed by atoms with van der Waals surface area (Å²) >= 11 is 0. The van der Waals surface area contributed by atoms with Gasteiger partial charge in [0.05, 0.1) is 11.5 Å². The van der Waals surface area contributed by atoms with Gasteiger partial charge in [0, 0.05) is 45.0 Å². The largest absolute Gasteiger partial charge is 0.395 e. The third-order valence-corrected chi connectivity index (χ3v) is 3.05. The van der Waals surface area contributed by atoms with Crippen molar-refractivity contribution in [2.45, 2.75) is 0 Å². The quantitative estimate of drug-likeness (QED) is 0.643. The zero-order valence-corrected chi connectivity index (χ0v) is 11.3. The van der Waals surface area contributed by atoms with Gasteiger partial charge in [0.15, 0.2) is 0 Å². The van der Waals surface area contributed by atoms with Crippen LogP contribution in [0.4, 0.5) is 11.5 Å². The number of anilines is 1. The first kappa shape index (κ1) is 15.6. The van der Waals surface area contributed by atoms with Crippen LogP contribution in [0, 0.1) is 10.1 Å². The molecule has 2 heterocycles. The molecule has 1 aromatic heterocycles. The fraction of sp³-hybridized carbons (Fsp3) is 0.545. The minimum absolute atomic E-state index is 0. The Morgan fingerprint density at radius 2 is 2.05 bits per heavy atom. The average molecular weight is 289 g/mol. The van der Waals surface area contributed by atoms with Crippen LogP contribution in [0.15, 0.2) is 18.3 Å². The Balaban J connectivity index is 0.00000180. The Labute approximate surface area is 117 Å². The Kier molecular flexibility index (Phi) is 5.94. The molecule has 1 aromatic rings. The molecule has 0 amide bonds. The molecule has 0 unspecified atom stereocenters. The molecule has 1 N–H and O–H groups in total. The van der Waals surface area contributed by atoms with E-state index in [-0.39, 0.29) is 24.7 Å². The zero-order valence-electron chi connectivity index (χ0n) is 10.4. The molecule has 0 saturated carbocycles. The van der Waals surface area contributed by atoms with Gasteiger partial charge in [0.25, 0.3) is 0 Å². The molecule has 0 aromatic carbocycles. The number of hydrogen-bond acceptors (Lipinski definition) is 6. The third kappa shape index (κ3) is 3.76. The molecule has 8 heteroatoms. The first-order chi connectivity index (χ1) is 8.72. The standard InChI is InChI=1S/C11H16N4O3.ClH/c16-9-8-13-4-6-14(7-5-13)11-10(15(17)18)2-1-3-12-11;/h1-3,16H,4-9H2;1H. The Morgan fingerprint density at radius 1 is 1.37 bits per heavy atom. The van der Waals surface area contributed by atoms with E-state index in [0.29, 0.717) is 25.5 Å². The summed E-state index contributed by atoms with van der Waals surface area (Å²) < 4.78 is 0. The van der Waals surface area contributed by atoms with Crippen LogP contribution in [-0.2, 0) is 0 Å². The van der Waals surface area contributed by atoms with Gasteiger partial charge in [-0.2, -0.15) is 0 Å². The van der Waals surface area contributed by atoms with E-state index < -0.39 is 4.92 Å². The normalized spacial score (nSPS) is 15.9. The lowest BCUT2D eigenvalue weighted by Gasteiger charge is -2.34. The van der Waals surface area contributed by atoms with E-state index >= 15 is 0 Å². The molecule has 0 radical (unpaired) electrons. The fourth-order valence-electron chi connectivity index (χ4n) is 2.10. The number of β-amino-alcohol motifs (C(OH)–C–C–N with tert-alkyl or cyclic N) is 1. The summed E-state index contributed by atoms with van der Waals surface area (Å²) in [7, 11) is 0. The van der Waals surface area contributed by atoms with E-state index in [4.69, 9.17) is 5.11 Å². The van der Waals surface area contributed by atoms with E-state index in [2.05, 4.69) is 9.88 Å². The van der Waals surface area contributed by atoms with Crippen LogP contribution in [0.25, 0.3) is 0 Å². The van der Waals surface area contributed by atoms with Gasteiger partial charge in [-0.25, -0.2) is 4.98 Å². The van der Waals surface area contributed by atoms with E-state index in [1.807, 2.05) is 4.90 Å². The van der Waals surface area contributed by atoms with Crippen molar-refractivity contribution in [1.82, 2.24) is 9.88 Å². The van der Waals surface area contributed by atoms with Gasteiger partial charge in [-0.1, -0.05) is 0 Å². The van der Waals surface area contributed by atoms with Crippen LogP contribution in [-0.4, -0.2) is 59.2 Å². The number of aromatic nitrogens is 1. The molecule has 19 heavy (non-hydrogen) atoms. The maximum absolute atomic E-state index is 10.9. The fourth-order valence-corrected chi connectivity index (χ4v) is 2.10. The molecule has 1 aliphatic rings. The van der Waals surface area contributed by atoms with E-state index in [1.165, 1.54) is 6.07 Å². The highest BCUT2D eigenvalue weighted by atomic mass is 35.5. The summed E-state index contributed by atoms with van der Waals surface area (Å²) in [5.74, 6) is 0.436. The second kappa shape index (κ2) is 7.22. The van der Waals surface area contributed by atoms with E-state index in [1.54, 1.807) is 12.3 Å². The maximum atomic E-state index is 10.9. The smallest absolute Gasteiger partial charge is 0.311 e. The van der Waals surface area contributed by atoms with Crippen molar-refractivity contribution in [2.24, 2.45) is 0 Å². The lowest BCUT2D eigenvalue weighted by Crippen LogP contribution is -2.47. The number of aliphatic hydroxyl groups excluding tert-OH is 1. The summed E-state index contributed by atoms with van der Waals surface area (Å²) in [4.78, 5) is 18.7. The third-order valence-electron chi connectivity index (χ3n) is 3.05. The summed E-state index contributed by atoms with van der Waals surface area (Å²) in [6, 6.07) is 3.05. The maximum Gasteiger partial charge on any atom is 0.311 e. The van der Waals surface area contributed by atoms with Crippen molar-refractivity contribution < 1.29 is 10.0 Å². The number of hydrogen-bond donors (Lipinski definition) is 1. The van der Waals surface area contributed by atoms with Crippen molar-refractivity contribution in [2.75, 3.05) is 44.2 Å². The number of halogens is 1. The molecule has 0 bridgehead atoms. The van der Waals surface area contributed by atoms with Crippen molar-refractivity contribution in [3.8, 4) is 0 Å². The predicted octanol–water partition coefficient (Wildman–Crippen LogP) is 0.526. The molecule has 0 spiro atoms. The molecule has 7 nitrogen and oxygen atoms in total. The molecule has 0 atom stereocenters. The highest BCUT2D eigenvalue weighted by molar-refractivity contribution is 5.85. The van der Waals surface area contributed by atoms with Crippen LogP contribution < -0.4 is 4.90 Å². The molecular weight excluding hydrogens is 272 g/mol. The van der Waals surface area contributed by atoms with Crippen LogP contribution >= 0.6 is 12.4 Å². The molecule has 0 aliphatic carbocycles. The summed E-state index contributed by atoms with van der Waals surface area (Å²) in [5.41, 5.74) is 0.0492. The topological polar surface area (TPSA) is 82.7 Å². The minimum Gasteiger partial charge on any atom is -0.395 e. The van der Waals surface area contributed by atoms with Crippen LogP contribution in [0.3, 0.4) is 0 Å². The summed E-state index contributed by atoms with van der Waals surface area (Å²) in [6.07, 6.45) is 1.57. The summed E-state index contributed by atoms with van der Waals surface area (Å²) in [5, 5.41) is 19.8. The Bertz CT molecular complexity index is 424. The first-order valence-corrected chi connectivity index (χ1v) is 5.90. The van der Waals surface area contributed by atoms with Gasteiger partial charge >= 0.3 is 5.69 Å². The second-order valence-electron chi connectivity index (χ2n) is 4.16. The number of nitrogens with zero attached hydrogens (tertiary/aromatic N) is 4. The van der Waals surface area contributed by atoms with Crippen molar-refractivity contribution in [3.05, 3.63) is 28.4 Å². The molecule has 1 aliphatic heterocycles. The molecule has 1 fully saturated rings. The van der Waals surface area contributed by atoms with Crippen LogP contribution in [0.2, 0.25) is 0 Å². The number of piperazine rings is 1. The zero-order chi connectivity index (χ0) is 13.0. The lowest BCUT2D eigenvalue weighted by molar-refractivity contribution is -0.384. The van der Waals surface area contributed by atoms with Crippen LogP contribution in [0.5, 0.6) is 0 Å². The Hall–Kier alpha value is -1.44. The lowest BCUT2D eigenvalue weighted by atomic mass is 10.3. The molecule has 1 saturated heterocycles. The van der Waals surface area contributed by atoms with Gasteiger partial charge in [0.2, 0.25) is 5.82 Å². The first-order valence-electron chi connectivity index (χ1n) is 5.90. The molecule has 2 rings (SSSR count). The van der Waals surface area contributed by atoms with Gasteiger partial charge in [-0.05, 0) is 6.07 Å². The average Bonchev–Trinajstić information content (AvgIpc) is 2.40.